The number of hydrogen-bond donors (Lipinski definition) is 1. The molecule has 1 N–H and O–H groups in total. The monoisotopic (exact) mass is 594 g/mol. The van der Waals surface area contributed by atoms with Gasteiger partial charge in [-0.2, -0.15) is 4.31 Å². The van der Waals surface area contributed by atoms with Crippen LogP contribution in [-0.4, -0.2) is 37.8 Å². The zero-order valence-corrected chi connectivity index (χ0v) is 23.5. The summed E-state index contributed by atoms with van der Waals surface area (Å²) in [6.45, 7) is 1.45. The highest BCUT2D eigenvalue weighted by atomic mass is 35.5. The van der Waals surface area contributed by atoms with Crippen molar-refractivity contribution in [2.75, 3.05) is 18.5 Å². The zero-order valence-electron chi connectivity index (χ0n) is 20.4. The van der Waals surface area contributed by atoms with Crippen molar-refractivity contribution in [1.29, 1.82) is 0 Å². The Morgan fingerprint density at radius 3 is 2.16 bits per heavy atom. The summed E-state index contributed by atoms with van der Waals surface area (Å²) in [5.74, 6) is -0.799. The second kappa shape index (κ2) is 11.6. The Bertz CT molecular complexity index is 1440. The SMILES string of the molecule is CCOC(=O)C1(c2ccc(NC(=O)CN(Cc3ccc(Cl)cc3Cl)S(=O)(=O)c3ccc(Cl)cc3)cc2)CC1. The maximum atomic E-state index is 13.5. The predicted octanol–water partition coefficient (Wildman–Crippen LogP) is 6.07. The first-order valence-corrected chi connectivity index (χ1v) is 14.4. The fourth-order valence-electron chi connectivity index (χ4n) is 4.06. The number of carbonyl (C=O) groups excluding carboxylic acids is 2. The highest BCUT2D eigenvalue weighted by Gasteiger charge is 2.52. The molecule has 38 heavy (non-hydrogen) atoms. The van der Waals surface area contributed by atoms with Gasteiger partial charge in [0.1, 0.15) is 0 Å². The summed E-state index contributed by atoms with van der Waals surface area (Å²) in [7, 11) is -4.09. The molecule has 0 atom stereocenters. The van der Waals surface area contributed by atoms with E-state index >= 15 is 0 Å². The van der Waals surface area contributed by atoms with E-state index in [4.69, 9.17) is 39.5 Å². The van der Waals surface area contributed by atoms with E-state index < -0.39 is 27.9 Å². The number of benzene rings is 3. The minimum atomic E-state index is -4.09. The van der Waals surface area contributed by atoms with Crippen molar-refractivity contribution >= 4 is 62.4 Å². The molecular formula is C27H25Cl3N2O5S. The van der Waals surface area contributed by atoms with E-state index in [-0.39, 0.29) is 22.4 Å². The molecule has 0 bridgehead atoms. The molecule has 0 radical (unpaired) electrons. The molecule has 7 nitrogen and oxygen atoms in total. The number of amides is 1. The van der Waals surface area contributed by atoms with E-state index in [1.165, 1.54) is 30.3 Å². The molecule has 1 amide bonds. The topological polar surface area (TPSA) is 92.8 Å². The minimum absolute atomic E-state index is 0.0159. The first-order valence-electron chi connectivity index (χ1n) is 11.8. The van der Waals surface area contributed by atoms with Crippen LogP contribution in [0.1, 0.15) is 30.9 Å². The Balaban J connectivity index is 1.53. The molecule has 1 saturated carbocycles. The Kier molecular flexibility index (Phi) is 8.69. The standard InChI is InChI=1S/C27H25Cl3N2O5S/c1-2-37-26(34)27(13-14-27)19-4-9-22(10-5-19)31-25(33)17-32(16-18-3-6-21(29)15-24(18)30)38(35,36)23-11-7-20(28)8-12-23/h3-12,15H,2,13-14,16-17H2,1H3,(H,31,33). The van der Waals surface area contributed by atoms with E-state index in [1.54, 1.807) is 43.3 Å². The number of sulfonamides is 1. The third-order valence-corrected chi connectivity index (χ3v) is 8.92. The number of carbonyl (C=O) groups is 2. The van der Waals surface area contributed by atoms with Crippen LogP contribution in [0.4, 0.5) is 5.69 Å². The van der Waals surface area contributed by atoms with Gasteiger partial charge in [-0.3, -0.25) is 9.59 Å². The summed E-state index contributed by atoms with van der Waals surface area (Å²) < 4.78 is 33.2. The van der Waals surface area contributed by atoms with Gasteiger partial charge in [0.05, 0.1) is 23.5 Å². The van der Waals surface area contributed by atoms with Crippen LogP contribution < -0.4 is 5.32 Å². The Morgan fingerprint density at radius 2 is 1.58 bits per heavy atom. The molecule has 0 saturated heterocycles. The maximum absolute atomic E-state index is 13.5. The summed E-state index contributed by atoms with van der Waals surface area (Å²) in [5, 5.41) is 3.80. The van der Waals surface area contributed by atoms with Gasteiger partial charge in [0.2, 0.25) is 15.9 Å². The molecule has 0 aliphatic heterocycles. The highest BCUT2D eigenvalue weighted by molar-refractivity contribution is 7.89. The molecule has 0 unspecified atom stereocenters. The third kappa shape index (κ3) is 6.33. The minimum Gasteiger partial charge on any atom is -0.465 e. The van der Waals surface area contributed by atoms with Crippen LogP contribution in [-0.2, 0) is 36.3 Å². The number of esters is 1. The van der Waals surface area contributed by atoms with Crippen molar-refractivity contribution in [3.8, 4) is 0 Å². The lowest BCUT2D eigenvalue weighted by molar-refractivity contribution is -0.146. The average Bonchev–Trinajstić information content (AvgIpc) is 3.68. The number of ether oxygens (including phenoxy) is 1. The molecule has 1 fully saturated rings. The highest BCUT2D eigenvalue weighted by Crippen LogP contribution is 2.49. The molecular weight excluding hydrogens is 571 g/mol. The molecule has 0 spiro atoms. The molecule has 4 rings (SSSR count). The fraction of sp³-hybridized carbons (Fsp3) is 0.259. The smallest absolute Gasteiger partial charge is 0.316 e. The van der Waals surface area contributed by atoms with Gasteiger partial charge in [-0.05, 0) is 79.4 Å². The van der Waals surface area contributed by atoms with Crippen LogP contribution in [0.25, 0.3) is 0 Å². The van der Waals surface area contributed by atoms with E-state index in [0.717, 1.165) is 9.87 Å². The Morgan fingerprint density at radius 1 is 0.947 bits per heavy atom. The van der Waals surface area contributed by atoms with Crippen molar-refractivity contribution in [1.82, 2.24) is 4.31 Å². The third-order valence-electron chi connectivity index (χ3n) is 6.27. The first-order chi connectivity index (χ1) is 18.0. The molecule has 11 heteroatoms. The van der Waals surface area contributed by atoms with Crippen molar-refractivity contribution in [2.45, 2.75) is 36.6 Å². The second-order valence-corrected chi connectivity index (χ2v) is 12.1. The van der Waals surface area contributed by atoms with Gasteiger partial charge < -0.3 is 10.1 Å². The molecule has 0 heterocycles. The van der Waals surface area contributed by atoms with Crippen LogP contribution in [0.3, 0.4) is 0 Å². The van der Waals surface area contributed by atoms with Crippen LogP contribution in [0.15, 0.2) is 71.6 Å². The lowest BCUT2D eigenvalue weighted by Gasteiger charge is -2.23. The second-order valence-electron chi connectivity index (χ2n) is 8.89. The van der Waals surface area contributed by atoms with E-state index in [1.807, 2.05) is 0 Å². The molecule has 0 aromatic heterocycles. The van der Waals surface area contributed by atoms with E-state index in [2.05, 4.69) is 5.32 Å². The molecule has 3 aromatic carbocycles. The largest absolute Gasteiger partial charge is 0.465 e. The quantitative estimate of drug-likeness (QED) is 0.287. The lowest BCUT2D eigenvalue weighted by atomic mass is 9.96. The molecule has 1 aliphatic rings. The van der Waals surface area contributed by atoms with Gasteiger partial charge in [-0.15, -0.1) is 0 Å². The van der Waals surface area contributed by atoms with Crippen molar-refractivity contribution in [3.05, 3.63) is 92.9 Å². The summed E-state index contributed by atoms with van der Waals surface area (Å²) in [4.78, 5) is 25.3. The van der Waals surface area contributed by atoms with Crippen molar-refractivity contribution < 1.29 is 22.7 Å². The fourth-order valence-corrected chi connectivity index (χ4v) is 6.03. The zero-order chi connectivity index (χ0) is 27.5. The van der Waals surface area contributed by atoms with Gasteiger partial charge in [-0.25, -0.2) is 8.42 Å². The average molecular weight is 596 g/mol. The number of anilines is 1. The van der Waals surface area contributed by atoms with Gasteiger partial charge >= 0.3 is 5.97 Å². The lowest BCUT2D eigenvalue weighted by Crippen LogP contribution is -2.37. The van der Waals surface area contributed by atoms with Gasteiger partial charge in [-0.1, -0.05) is 53.0 Å². The summed E-state index contributed by atoms with van der Waals surface area (Å²) >= 11 is 18.2. The van der Waals surface area contributed by atoms with E-state index in [9.17, 15) is 18.0 Å². The summed E-state index contributed by atoms with van der Waals surface area (Å²) in [5.41, 5.74) is 1.14. The van der Waals surface area contributed by atoms with E-state index in [0.29, 0.717) is 40.7 Å². The van der Waals surface area contributed by atoms with Gasteiger partial charge in [0, 0.05) is 27.3 Å². The Hall–Kier alpha value is -2.62. The van der Waals surface area contributed by atoms with Gasteiger partial charge in [0.15, 0.2) is 0 Å². The molecule has 200 valence electrons. The normalized spacial score (nSPS) is 14.2. The van der Waals surface area contributed by atoms with Crippen LogP contribution in [0.2, 0.25) is 15.1 Å². The van der Waals surface area contributed by atoms with Crippen LogP contribution >= 0.6 is 34.8 Å². The number of nitrogens with zero attached hydrogens (tertiary/aromatic N) is 1. The number of hydrogen-bond acceptors (Lipinski definition) is 5. The number of rotatable bonds is 10. The summed E-state index contributed by atoms with van der Waals surface area (Å²) in [6, 6.07) is 17.3. The molecule has 1 aliphatic carbocycles. The van der Waals surface area contributed by atoms with Crippen LogP contribution in [0.5, 0.6) is 0 Å². The first kappa shape index (κ1) is 28.4. The van der Waals surface area contributed by atoms with Crippen molar-refractivity contribution in [2.24, 2.45) is 0 Å². The number of halogens is 3. The molecule has 3 aromatic rings. The number of nitrogens with one attached hydrogen (secondary N) is 1. The predicted molar refractivity (Wildman–Crippen MR) is 148 cm³/mol. The maximum Gasteiger partial charge on any atom is 0.316 e. The summed E-state index contributed by atoms with van der Waals surface area (Å²) in [6.07, 6.45) is 1.42. The Labute approximate surface area is 236 Å². The van der Waals surface area contributed by atoms with Crippen molar-refractivity contribution in [3.63, 3.8) is 0 Å². The van der Waals surface area contributed by atoms with Crippen LogP contribution in [0, 0.1) is 0 Å². The van der Waals surface area contributed by atoms with Gasteiger partial charge in [0.25, 0.3) is 0 Å².